The molecule has 0 radical (unpaired) electrons. The lowest BCUT2D eigenvalue weighted by molar-refractivity contribution is -0.0379. The first-order valence-corrected chi connectivity index (χ1v) is 6.69. The van der Waals surface area contributed by atoms with Crippen LogP contribution in [0.3, 0.4) is 0 Å². The molecule has 3 rings (SSSR count). The van der Waals surface area contributed by atoms with Gasteiger partial charge in [0.05, 0.1) is 11.3 Å². The molecular weight excluding hydrogens is 266 g/mol. The molecule has 0 aromatic heterocycles. The van der Waals surface area contributed by atoms with Crippen LogP contribution in [-0.4, -0.2) is 18.9 Å². The van der Waals surface area contributed by atoms with Crippen LogP contribution in [0.1, 0.15) is 10.4 Å². The number of rotatable bonds is 4. The van der Waals surface area contributed by atoms with Gasteiger partial charge in [-0.05, 0) is 24.3 Å². The first kappa shape index (κ1) is 13.2. The number of ether oxygens (including phenoxy) is 2. The summed E-state index contributed by atoms with van der Waals surface area (Å²) in [5.41, 5.74) is 1.39. The molecule has 0 amide bonds. The second-order valence-corrected chi connectivity index (χ2v) is 4.60. The molecule has 0 bridgehead atoms. The van der Waals surface area contributed by atoms with Gasteiger partial charge in [-0.1, -0.05) is 36.4 Å². The van der Waals surface area contributed by atoms with Gasteiger partial charge in [-0.25, -0.2) is 4.79 Å². The topological polar surface area (TPSA) is 38.8 Å². The lowest BCUT2D eigenvalue weighted by Crippen LogP contribution is -2.38. The van der Waals surface area contributed by atoms with Crippen LogP contribution in [0.15, 0.2) is 67.3 Å². The third kappa shape index (κ3) is 2.60. The Labute approximate surface area is 123 Å². The third-order valence-corrected chi connectivity index (χ3v) is 3.20. The molecule has 1 atom stereocenters. The number of benzene rings is 2. The Hall–Kier alpha value is -2.75. The molecule has 0 N–H and O–H groups in total. The summed E-state index contributed by atoms with van der Waals surface area (Å²) < 4.78 is 11.2. The molecule has 1 unspecified atom stereocenters. The van der Waals surface area contributed by atoms with Gasteiger partial charge in [0.15, 0.2) is 0 Å². The van der Waals surface area contributed by atoms with E-state index in [2.05, 4.69) is 6.58 Å². The van der Waals surface area contributed by atoms with Crippen molar-refractivity contribution in [3.8, 4) is 5.75 Å². The lowest BCUT2D eigenvalue weighted by Gasteiger charge is -2.23. The van der Waals surface area contributed by atoms with Crippen molar-refractivity contribution in [2.75, 3.05) is 11.4 Å². The average molecular weight is 281 g/mol. The van der Waals surface area contributed by atoms with Gasteiger partial charge in [0.25, 0.3) is 0 Å². The fourth-order valence-electron chi connectivity index (χ4n) is 2.22. The van der Waals surface area contributed by atoms with Crippen LogP contribution in [0.2, 0.25) is 0 Å². The Morgan fingerprint density at radius 2 is 1.90 bits per heavy atom. The SMILES string of the molecule is C=CCN1c2ccccc2OC1OC(=O)c1ccccc1. The van der Waals surface area contributed by atoms with Crippen molar-refractivity contribution in [2.45, 2.75) is 6.41 Å². The van der Waals surface area contributed by atoms with Crippen molar-refractivity contribution in [2.24, 2.45) is 0 Å². The Bertz CT molecular complexity index is 654. The van der Waals surface area contributed by atoms with Gasteiger partial charge in [-0.15, -0.1) is 6.58 Å². The van der Waals surface area contributed by atoms with E-state index in [4.69, 9.17) is 9.47 Å². The summed E-state index contributed by atoms with van der Waals surface area (Å²) in [6, 6.07) is 16.4. The third-order valence-electron chi connectivity index (χ3n) is 3.20. The number of anilines is 1. The van der Waals surface area contributed by atoms with Crippen LogP contribution in [0.25, 0.3) is 0 Å². The number of fused-ring (bicyclic) bond motifs is 1. The van der Waals surface area contributed by atoms with Crippen LogP contribution < -0.4 is 9.64 Å². The fraction of sp³-hybridized carbons (Fsp3) is 0.118. The maximum Gasteiger partial charge on any atom is 0.342 e. The quantitative estimate of drug-likeness (QED) is 0.637. The Balaban J connectivity index is 1.80. The Morgan fingerprint density at radius 3 is 2.67 bits per heavy atom. The average Bonchev–Trinajstić information content (AvgIpc) is 2.86. The van der Waals surface area contributed by atoms with Crippen LogP contribution in [0.5, 0.6) is 5.75 Å². The maximum atomic E-state index is 12.1. The van der Waals surface area contributed by atoms with Crippen LogP contribution in [0, 0.1) is 0 Å². The minimum atomic E-state index is -0.770. The van der Waals surface area contributed by atoms with Crippen LogP contribution in [0.4, 0.5) is 5.69 Å². The summed E-state index contributed by atoms with van der Waals surface area (Å²) in [5, 5.41) is 0. The number of esters is 1. The van der Waals surface area contributed by atoms with E-state index in [9.17, 15) is 4.79 Å². The predicted octanol–water partition coefficient (Wildman–Crippen LogP) is 3.21. The van der Waals surface area contributed by atoms with Crippen molar-refractivity contribution >= 4 is 11.7 Å². The maximum absolute atomic E-state index is 12.1. The monoisotopic (exact) mass is 281 g/mol. The zero-order chi connectivity index (χ0) is 14.7. The summed E-state index contributed by atoms with van der Waals surface area (Å²) in [5.74, 6) is 0.285. The van der Waals surface area contributed by atoms with Gasteiger partial charge in [-0.3, -0.25) is 4.90 Å². The standard InChI is InChI=1S/C17H15NO3/c1-2-12-18-14-10-6-7-11-15(14)20-17(18)21-16(19)13-8-4-3-5-9-13/h2-11,17H,1,12H2. The molecule has 2 aromatic rings. The molecule has 106 valence electrons. The highest BCUT2D eigenvalue weighted by atomic mass is 16.7. The molecule has 2 aromatic carbocycles. The minimum Gasteiger partial charge on any atom is -0.435 e. The molecule has 1 heterocycles. The molecule has 21 heavy (non-hydrogen) atoms. The van der Waals surface area contributed by atoms with E-state index in [0.717, 1.165) is 5.69 Å². The first-order chi connectivity index (χ1) is 10.3. The van der Waals surface area contributed by atoms with Gasteiger partial charge in [0.1, 0.15) is 5.75 Å². The molecule has 0 spiro atoms. The lowest BCUT2D eigenvalue weighted by atomic mass is 10.2. The number of carbonyl (C=O) groups is 1. The Morgan fingerprint density at radius 1 is 1.19 bits per heavy atom. The highest BCUT2D eigenvalue weighted by molar-refractivity contribution is 5.89. The van der Waals surface area contributed by atoms with E-state index < -0.39 is 12.4 Å². The fourth-order valence-corrected chi connectivity index (χ4v) is 2.22. The second-order valence-electron chi connectivity index (χ2n) is 4.60. The number of hydrogen-bond acceptors (Lipinski definition) is 4. The molecule has 4 nitrogen and oxygen atoms in total. The van der Waals surface area contributed by atoms with Crippen LogP contribution in [-0.2, 0) is 4.74 Å². The van der Waals surface area contributed by atoms with Crippen molar-refractivity contribution in [1.82, 2.24) is 0 Å². The molecular formula is C17H15NO3. The highest BCUT2D eigenvalue weighted by Gasteiger charge is 2.33. The molecule has 1 aliphatic heterocycles. The number of hydrogen-bond donors (Lipinski definition) is 0. The minimum absolute atomic E-state index is 0.414. The summed E-state index contributed by atoms with van der Waals surface area (Å²) in [4.78, 5) is 14.0. The zero-order valence-corrected chi connectivity index (χ0v) is 11.4. The largest absolute Gasteiger partial charge is 0.435 e. The smallest absolute Gasteiger partial charge is 0.342 e. The Kier molecular flexibility index (Phi) is 3.60. The van der Waals surface area contributed by atoms with E-state index in [0.29, 0.717) is 17.9 Å². The number of carbonyl (C=O) groups excluding carboxylic acids is 1. The normalized spacial score (nSPS) is 16.0. The van der Waals surface area contributed by atoms with E-state index in [-0.39, 0.29) is 0 Å². The molecule has 0 aliphatic carbocycles. The van der Waals surface area contributed by atoms with Crippen molar-refractivity contribution < 1.29 is 14.3 Å². The van der Waals surface area contributed by atoms with Gasteiger partial charge in [0, 0.05) is 6.54 Å². The van der Waals surface area contributed by atoms with E-state index in [1.54, 1.807) is 30.3 Å². The van der Waals surface area contributed by atoms with Crippen molar-refractivity contribution in [3.63, 3.8) is 0 Å². The number of nitrogens with zero attached hydrogens (tertiary/aromatic N) is 1. The van der Waals surface area contributed by atoms with E-state index >= 15 is 0 Å². The van der Waals surface area contributed by atoms with Crippen molar-refractivity contribution in [1.29, 1.82) is 0 Å². The molecule has 0 saturated carbocycles. The van der Waals surface area contributed by atoms with Gasteiger partial charge in [-0.2, -0.15) is 0 Å². The van der Waals surface area contributed by atoms with Crippen LogP contribution >= 0.6 is 0 Å². The molecule has 1 aliphatic rings. The first-order valence-electron chi connectivity index (χ1n) is 6.69. The molecule has 0 fully saturated rings. The van der Waals surface area contributed by atoms with E-state index in [1.165, 1.54) is 0 Å². The van der Waals surface area contributed by atoms with Crippen molar-refractivity contribution in [3.05, 3.63) is 72.8 Å². The summed E-state index contributed by atoms with van der Waals surface area (Å²) >= 11 is 0. The number of para-hydroxylation sites is 2. The molecule has 0 saturated heterocycles. The highest BCUT2D eigenvalue weighted by Crippen LogP contribution is 2.37. The van der Waals surface area contributed by atoms with E-state index in [1.807, 2.05) is 35.2 Å². The van der Waals surface area contributed by atoms with Gasteiger partial charge >= 0.3 is 12.4 Å². The summed E-state index contributed by atoms with van der Waals surface area (Å²) in [6.45, 7) is 4.26. The zero-order valence-electron chi connectivity index (χ0n) is 11.4. The summed E-state index contributed by atoms with van der Waals surface area (Å²) in [7, 11) is 0. The summed E-state index contributed by atoms with van der Waals surface area (Å²) in [6.07, 6.45) is 0.975. The van der Waals surface area contributed by atoms with Gasteiger partial charge < -0.3 is 9.47 Å². The predicted molar refractivity (Wildman–Crippen MR) is 80.3 cm³/mol. The second kappa shape index (κ2) is 5.71. The van der Waals surface area contributed by atoms with Gasteiger partial charge in [0.2, 0.25) is 0 Å². The molecule has 4 heteroatoms.